The van der Waals surface area contributed by atoms with Crippen molar-refractivity contribution < 1.29 is 0 Å². The van der Waals surface area contributed by atoms with Gasteiger partial charge in [-0.25, -0.2) is 0 Å². The van der Waals surface area contributed by atoms with Crippen molar-refractivity contribution in [1.29, 1.82) is 0 Å². The fourth-order valence-electron chi connectivity index (χ4n) is 5.94. The molecule has 46 heavy (non-hydrogen) atoms. The number of hydrogen-bond acceptors (Lipinski definition) is 5. The number of benzene rings is 3. The van der Waals surface area contributed by atoms with Crippen LogP contribution in [0.5, 0.6) is 0 Å². The standard InChI is InChI=1S/C39H47N7/c1-43(2)39(44(3)4)42-23-10-26-45(30-36-13-9-12-35-11-5-6-15-38(35)36)27-32-16-18-33(19-17-32)28-46(29-34-20-24-40-25-21-34)31-37-14-7-8-22-41-37/h5-9,11-22,24-25H,10,23,26-31H2,1-4H3. The Morgan fingerprint density at radius 1 is 0.587 bits per heavy atom. The number of rotatable bonds is 14. The van der Waals surface area contributed by atoms with Crippen LogP contribution in [-0.2, 0) is 32.7 Å². The van der Waals surface area contributed by atoms with Crippen LogP contribution in [0.25, 0.3) is 10.8 Å². The molecule has 0 fully saturated rings. The van der Waals surface area contributed by atoms with Crippen molar-refractivity contribution in [2.24, 2.45) is 4.99 Å². The van der Waals surface area contributed by atoms with E-state index in [2.05, 4.69) is 121 Å². The molecule has 0 unspecified atom stereocenters. The van der Waals surface area contributed by atoms with E-state index in [1.807, 2.05) is 52.8 Å². The number of guanidine groups is 1. The van der Waals surface area contributed by atoms with Crippen LogP contribution in [0.1, 0.15) is 34.4 Å². The highest BCUT2D eigenvalue weighted by molar-refractivity contribution is 5.85. The molecule has 238 valence electrons. The summed E-state index contributed by atoms with van der Waals surface area (Å²) in [5, 5.41) is 2.62. The summed E-state index contributed by atoms with van der Waals surface area (Å²) in [5.41, 5.74) is 6.30. The van der Waals surface area contributed by atoms with E-state index in [0.717, 1.165) is 63.9 Å². The minimum absolute atomic E-state index is 0.787. The van der Waals surface area contributed by atoms with Gasteiger partial charge in [0.2, 0.25) is 0 Å². The zero-order chi connectivity index (χ0) is 32.1. The average Bonchev–Trinajstić information content (AvgIpc) is 3.06. The molecule has 2 aromatic heterocycles. The Balaban J connectivity index is 1.29. The average molecular weight is 614 g/mol. The third-order valence-electron chi connectivity index (χ3n) is 8.06. The van der Waals surface area contributed by atoms with Gasteiger partial charge in [0.25, 0.3) is 0 Å². The van der Waals surface area contributed by atoms with Gasteiger partial charge in [-0.3, -0.25) is 24.8 Å². The van der Waals surface area contributed by atoms with Gasteiger partial charge < -0.3 is 9.80 Å². The topological polar surface area (TPSA) is 51.1 Å². The first-order valence-electron chi connectivity index (χ1n) is 16.1. The fourth-order valence-corrected chi connectivity index (χ4v) is 5.94. The van der Waals surface area contributed by atoms with E-state index in [-0.39, 0.29) is 0 Å². The summed E-state index contributed by atoms with van der Waals surface area (Å²) in [7, 11) is 8.19. The molecule has 0 amide bonds. The molecule has 0 aliphatic carbocycles. The van der Waals surface area contributed by atoms with Gasteiger partial charge in [-0.15, -0.1) is 0 Å². The summed E-state index contributed by atoms with van der Waals surface area (Å²) in [5.74, 6) is 0.997. The molecule has 0 bridgehead atoms. The second-order valence-corrected chi connectivity index (χ2v) is 12.3. The smallest absolute Gasteiger partial charge is 0.195 e. The maximum Gasteiger partial charge on any atom is 0.195 e. The van der Waals surface area contributed by atoms with E-state index in [1.54, 1.807) is 0 Å². The minimum Gasteiger partial charge on any atom is -0.349 e. The molecule has 0 saturated carbocycles. The molecule has 0 aliphatic rings. The molecule has 0 saturated heterocycles. The van der Waals surface area contributed by atoms with Crippen LogP contribution < -0.4 is 0 Å². The minimum atomic E-state index is 0.787. The largest absolute Gasteiger partial charge is 0.349 e. The molecule has 2 heterocycles. The molecular formula is C39H47N7. The highest BCUT2D eigenvalue weighted by Gasteiger charge is 2.13. The second kappa shape index (κ2) is 16.6. The summed E-state index contributed by atoms with van der Waals surface area (Å²) >= 11 is 0. The van der Waals surface area contributed by atoms with Crippen molar-refractivity contribution in [1.82, 2.24) is 29.6 Å². The van der Waals surface area contributed by atoms with Crippen LogP contribution in [0.4, 0.5) is 0 Å². The van der Waals surface area contributed by atoms with Crippen molar-refractivity contribution >= 4 is 16.7 Å². The van der Waals surface area contributed by atoms with Gasteiger partial charge in [0.15, 0.2) is 5.96 Å². The lowest BCUT2D eigenvalue weighted by Gasteiger charge is -2.25. The summed E-state index contributed by atoms with van der Waals surface area (Å²) in [6.07, 6.45) is 6.59. The molecule has 0 atom stereocenters. The Bertz CT molecular complexity index is 1590. The summed E-state index contributed by atoms with van der Waals surface area (Å²) in [6, 6.07) is 34.8. The maximum atomic E-state index is 4.89. The quantitative estimate of drug-likeness (QED) is 0.0789. The van der Waals surface area contributed by atoms with Gasteiger partial charge in [0, 0.05) is 92.6 Å². The molecule has 0 radical (unpaired) electrons. The van der Waals surface area contributed by atoms with E-state index in [9.17, 15) is 0 Å². The van der Waals surface area contributed by atoms with Crippen molar-refractivity contribution in [2.45, 2.75) is 39.1 Å². The molecule has 0 N–H and O–H groups in total. The summed E-state index contributed by atoms with van der Waals surface area (Å²) in [6.45, 7) is 6.01. The van der Waals surface area contributed by atoms with Gasteiger partial charge >= 0.3 is 0 Å². The normalized spacial score (nSPS) is 11.3. The van der Waals surface area contributed by atoms with E-state index in [1.165, 1.54) is 33.0 Å². The molecule has 0 spiro atoms. The van der Waals surface area contributed by atoms with E-state index < -0.39 is 0 Å². The van der Waals surface area contributed by atoms with Crippen LogP contribution in [0.15, 0.2) is 121 Å². The van der Waals surface area contributed by atoms with Gasteiger partial charge in [-0.05, 0) is 63.7 Å². The van der Waals surface area contributed by atoms with Crippen LogP contribution >= 0.6 is 0 Å². The van der Waals surface area contributed by atoms with E-state index >= 15 is 0 Å². The number of fused-ring (bicyclic) bond motifs is 1. The molecule has 0 aliphatic heterocycles. The number of aromatic nitrogens is 2. The van der Waals surface area contributed by atoms with Crippen LogP contribution in [0.2, 0.25) is 0 Å². The predicted octanol–water partition coefficient (Wildman–Crippen LogP) is 6.70. The van der Waals surface area contributed by atoms with Crippen molar-refractivity contribution in [2.75, 3.05) is 41.3 Å². The molecule has 7 nitrogen and oxygen atoms in total. The molecular weight excluding hydrogens is 566 g/mol. The molecule has 5 rings (SSSR count). The van der Waals surface area contributed by atoms with Gasteiger partial charge in [0.1, 0.15) is 0 Å². The Kier molecular flexibility index (Phi) is 11.9. The summed E-state index contributed by atoms with van der Waals surface area (Å²) in [4.78, 5) is 22.8. The van der Waals surface area contributed by atoms with Crippen LogP contribution in [0, 0.1) is 0 Å². The Hall–Kier alpha value is -4.59. The Morgan fingerprint density at radius 2 is 1.22 bits per heavy atom. The molecule has 5 aromatic rings. The first-order chi connectivity index (χ1) is 22.4. The first-order valence-corrected chi connectivity index (χ1v) is 16.1. The zero-order valence-corrected chi connectivity index (χ0v) is 27.8. The Morgan fingerprint density at radius 3 is 1.89 bits per heavy atom. The zero-order valence-electron chi connectivity index (χ0n) is 27.8. The van der Waals surface area contributed by atoms with Gasteiger partial charge in [-0.2, -0.15) is 0 Å². The fraction of sp³-hybridized carbons (Fsp3) is 0.308. The third-order valence-corrected chi connectivity index (χ3v) is 8.06. The molecule has 3 aromatic carbocycles. The van der Waals surface area contributed by atoms with E-state index in [4.69, 9.17) is 4.99 Å². The van der Waals surface area contributed by atoms with Crippen LogP contribution in [-0.4, -0.2) is 76.8 Å². The SMILES string of the molecule is CN(C)C(=NCCCN(Cc1ccc(CN(Cc2ccncc2)Cc2ccccn2)cc1)Cc1cccc2ccccc12)N(C)C. The molecule has 7 heteroatoms. The third kappa shape index (κ3) is 9.70. The van der Waals surface area contributed by atoms with Crippen molar-refractivity contribution in [3.63, 3.8) is 0 Å². The highest BCUT2D eigenvalue weighted by atomic mass is 15.3. The van der Waals surface area contributed by atoms with Crippen LogP contribution in [0.3, 0.4) is 0 Å². The number of pyridine rings is 2. The summed E-state index contributed by atoms with van der Waals surface area (Å²) < 4.78 is 0. The Labute approximate surface area is 274 Å². The first kappa shape index (κ1) is 32.8. The van der Waals surface area contributed by atoms with Crippen molar-refractivity contribution in [3.05, 3.63) is 144 Å². The lowest BCUT2D eigenvalue weighted by atomic mass is 10.0. The monoisotopic (exact) mass is 613 g/mol. The number of aliphatic imine (C=N–C) groups is 1. The predicted molar refractivity (Wildman–Crippen MR) is 190 cm³/mol. The lowest BCUT2D eigenvalue weighted by Crippen LogP contribution is -2.35. The van der Waals surface area contributed by atoms with Gasteiger partial charge in [0.05, 0.1) is 5.69 Å². The lowest BCUT2D eigenvalue weighted by molar-refractivity contribution is 0.244. The van der Waals surface area contributed by atoms with Gasteiger partial charge in [-0.1, -0.05) is 72.8 Å². The number of hydrogen-bond donors (Lipinski definition) is 0. The maximum absolute atomic E-state index is 4.89. The second-order valence-electron chi connectivity index (χ2n) is 12.3. The van der Waals surface area contributed by atoms with Crippen molar-refractivity contribution in [3.8, 4) is 0 Å². The highest BCUT2D eigenvalue weighted by Crippen LogP contribution is 2.22. The number of nitrogens with zero attached hydrogens (tertiary/aromatic N) is 7. The van der Waals surface area contributed by atoms with E-state index in [0.29, 0.717) is 0 Å².